The second-order valence-corrected chi connectivity index (χ2v) is 3.34. The van der Waals surface area contributed by atoms with Crippen molar-refractivity contribution in [3.8, 4) is 0 Å². The fourth-order valence-corrected chi connectivity index (χ4v) is 0.694. The highest BCUT2D eigenvalue weighted by Gasteiger charge is 2.20. The largest absolute Gasteiger partial charge is 0.391 e. The van der Waals surface area contributed by atoms with Gasteiger partial charge in [0.1, 0.15) is 0 Å². The van der Waals surface area contributed by atoms with Gasteiger partial charge in [-0.25, -0.2) is 0 Å². The van der Waals surface area contributed by atoms with Crippen molar-refractivity contribution in [2.24, 2.45) is 5.41 Å². The van der Waals surface area contributed by atoms with Crippen LogP contribution < -0.4 is 0 Å². The van der Waals surface area contributed by atoms with Crippen molar-refractivity contribution in [1.82, 2.24) is 0 Å². The van der Waals surface area contributed by atoms with Crippen molar-refractivity contribution in [3.63, 3.8) is 0 Å². The molecule has 50 valence electrons. The van der Waals surface area contributed by atoms with Crippen molar-refractivity contribution >= 4 is 11.6 Å². The number of alkyl halides is 1. The number of hydrogen-bond acceptors (Lipinski definition) is 1. The molecule has 0 radical (unpaired) electrons. The Labute approximate surface area is 55.7 Å². The molecule has 0 aromatic heterocycles. The molecule has 0 aliphatic heterocycles. The van der Waals surface area contributed by atoms with Gasteiger partial charge >= 0.3 is 0 Å². The first-order valence-corrected chi connectivity index (χ1v) is 3.26. The molecule has 0 unspecified atom stereocenters. The van der Waals surface area contributed by atoms with Crippen molar-refractivity contribution < 1.29 is 5.11 Å². The quantitative estimate of drug-likeness (QED) is 0.544. The van der Waals surface area contributed by atoms with Gasteiger partial charge in [-0.1, -0.05) is 20.8 Å². The fraction of sp³-hybridized carbons (Fsp3) is 1.00. The van der Waals surface area contributed by atoms with E-state index in [1.54, 1.807) is 0 Å². The van der Waals surface area contributed by atoms with Crippen LogP contribution in [0, 0.1) is 5.41 Å². The number of halogens is 1. The third-order valence-corrected chi connectivity index (χ3v) is 1.44. The van der Waals surface area contributed by atoms with Crippen LogP contribution in [0.3, 0.4) is 0 Å². The van der Waals surface area contributed by atoms with Crippen LogP contribution in [0.5, 0.6) is 0 Å². The van der Waals surface area contributed by atoms with E-state index in [1.807, 2.05) is 20.8 Å². The van der Waals surface area contributed by atoms with E-state index >= 15 is 0 Å². The number of rotatable bonds is 1. The Morgan fingerprint density at radius 2 is 1.88 bits per heavy atom. The topological polar surface area (TPSA) is 20.2 Å². The zero-order valence-electron chi connectivity index (χ0n) is 5.61. The summed E-state index contributed by atoms with van der Waals surface area (Å²) in [4.78, 5) is 0. The van der Waals surface area contributed by atoms with Gasteiger partial charge in [0, 0.05) is 5.88 Å². The molecule has 0 rings (SSSR count). The highest BCUT2D eigenvalue weighted by Crippen LogP contribution is 2.19. The van der Waals surface area contributed by atoms with Gasteiger partial charge in [0.05, 0.1) is 6.10 Å². The Kier molecular flexibility index (Phi) is 2.78. The summed E-state index contributed by atoms with van der Waals surface area (Å²) in [5.74, 6) is 0.323. The first-order valence-electron chi connectivity index (χ1n) is 2.72. The van der Waals surface area contributed by atoms with Crippen molar-refractivity contribution in [2.45, 2.75) is 26.9 Å². The molecule has 0 saturated carbocycles. The molecule has 0 aromatic carbocycles. The summed E-state index contributed by atoms with van der Waals surface area (Å²) in [7, 11) is 0. The zero-order chi connectivity index (χ0) is 6.78. The van der Waals surface area contributed by atoms with Crippen LogP contribution in [-0.2, 0) is 0 Å². The van der Waals surface area contributed by atoms with Gasteiger partial charge in [0.25, 0.3) is 0 Å². The molecule has 0 aliphatic rings. The summed E-state index contributed by atoms with van der Waals surface area (Å²) >= 11 is 5.39. The lowest BCUT2D eigenvalue weighted by atomic mass is 9.90. The molecule has 2 heteroatoms. The lowest BCUT2D eigenvalue weighted by Crippen LogP contribution is -2.27. The number of hydrogen-bond donors (Lipinski definition) is 1. The first kappa shape index (κ1) is 8.25. The van der Waals surface area contributed by atoms with Crippen molar-refractivity contribution in [2.75, 3.05) is 5.88 Å². The lowest BCUT2D eigenvalue weighted by Gasteiger charge is -2.23. The summed E-state index contributed by atoms with van der Waals surface area (Å²) in [5, 5.41) is 9.06. The van der Waals surface area contributed by atoms with E-state index in [4.69, 9.17) is 16.7 Å². The van der Waals surface area contributed by atoms with E-state index < -0.39 is 0 Å². The Bertz CT molecular complexity index is 65.4. The molecule has 1 atom stereocenters. The van der Waals surface area contributed by atoms with E-state index in [9.17, 15) is 0 Å². The van der Waals surface area contributed by atoms with Crippen LogP contribution in [-0.4, -0.2) is 17.1 Å². The third kappa shape index (κ3) is 2.53. The monoisotopic (exact) mass is 136 g/mol. The zero-order valence-corrected chi connectivity index (χ0v) is 6.37. The summed E-state index contributed by atoms with van der Waals surface area (Å²) in [6.45, 7) is 5.88. The average Bonchev–Trinajstić information content (AvgIpc) is 1.62. The fourth-order valence-electron chi connectivity index (χ4n) is 0.231. The Balaban J connectivity index is 3.62. The van der Waals surface area contributed by atoms with E-state index in [0.717, 1.165) is 0 Å². The maximum Gasteiger partial charge on any atom is 0.0723 e. The summed E-state index contributed by atoms with van der Waals surface area (Å²) in [5.41, 5.74) is -0.0677. The molecule has 0 fully saturated rings. The molecule has 0 bridgehead atoms. The third-order valence-electron chi connectivity index (χ3n) is 1.15. The minimum atomic E-state index is -0.385. The second kappa shape index (κ2) is 2.70. The summed E-state index contributed by atoms with van der Waals surface area (Å²) < 4.78 is 0. The van der Waals surface area contributed by atoms with Crippen LogP contribution in [0.25, 0.3) is 0 Å². The van der Waals surface area contributed by atoms with E-state index in [1.165, 1.54) is 0 Å². The van der Waals surface area contributed by atoms with E-state index in [-0.39, 0.29) is 11.5 Å². The molecule has 0 heterocycles. The number of aliphatic hydroxyl groups is 1. The second-order valence-electron chi connectivity index (χ2n) is 3.04. The Morgan fingerprint density at radius 3 is 1.88 bits per heavy atom. The Morgan fingerprint density at radius 1 is 1.50 bits per heavy atom. The van der Waals surface area contributed by atoms with Gasteiger partial charge in [0.15, 0.2) is 0 Å². The molecule has 0 amide bonds. The smallest absolute Gasteiger partial charge is 0.0723 e. The molecule has 0 spiro atoms. The summed E-state index contributed by atoms with van der Waals surface area (Å²) in [6.07, 6.45) is -0.385. The van der Waals surface area contributed by atoms with Crippen LogP contribution >= 0.6 is 11.6 Å². The molecule has 0 saturated heterocycles. The van der Waals surface area contributed by atoms with E-state index in [0.29, 0.717) is 5.88 Å². The predicted molar refractivity (Wildman–Crippen MR) is 36.2 cm³/mol. The molecule has 8 heavy (non-hydrogen) atoms. The summed E-state index contributed by atoms with van der Waals surface area (Å²) in [6, 6.07) is 0. The minimum Gasteiger partial charge on any atom is -0.391 e. The maximum absolute atomic E-state index is 9.06. The van der Waals surface area contributed by atoms with Gasteiger partial charge in [-0.3, -0.25) is 0 Å². The first-order chi connectivity index (χ1) is 3.48. The van der Waals surface area contributed by atoms with Crippen LogP contribution in [0.1, 0.15) is 20.8 Å². The average molecular weight is 137 g/mol. The van der Waals surface area contributed by atoms with Gasteiger partial charge in [-0.15, -0.1) is 11.6 Å². The molecule has 0 aliphatic carbocycles. The van der Waals surface area contributed by atoms with Crippen molar-refractivity contribution in [3.05, 3.63) is 0 Å². The normalized spacial score (nSPS) is 16.1. The molecular formula is C6H13ClO. The number of aliphatic hydroxyl groups excluding tert-OH is 1. The SMILES string of the molecule is CC(C)(C)[C@H](O)CCl. The van der Waals surface area contributed by atoms with Gasteiger partial charge in [-0.2, -0.15) is 0 Å². The van der Waals surface area contributed by atoms with Crippen LogP contribution in [0.15, 0.2) is 0 Å². The predicted octanol–water partition coefficient (Wildman–Crippen LogP) is 1.63. The molecule has 1 nitrogen and oxygen atoms in total. The van der Waals surface area contributed by atoms with Crippen LogP contribution in [0.4, 0.5) is 0 Å². The lowest BCUT2D eigenvalue weighted by molar-refractivity contribution is 0.0831. The van der Waals surface area contributed by atoms with Gasteiger partial charge in [-0.05, 0) is 5.41 Å². The van der Waals surface area contributed by atoms with Gasteiger partial charge in [0.2, 0.25) is 0 Å². The molecule has 0 aromatic rings. The maximum atomic E-state index is 9.06. The van der Waals surface area contributed by atoms with Gasteiger partial charge < -0.3 is 5.11 Å². The minimum absolute atomic E-state index is 0.0677. The van der Waals surface area contributed by atoms with Crippen molar-refractivity contribution in [1.29, 1.82) is 0 Å². The standard InChI is InChI=1S/C6H13ClO/c1-6(2,3)5(8)4-7/h5,8H,4H2,1-3H3/t5-/m1/s1. The molecular weight excluding hydrogens is 124 g/mol. The highest BCUT2D eigenvalue weighted by molar-refractivity contribution is 6.18. The van der Waals surface area contributed by atoms with Crippen LogP contribution in [0.2, 0.25) is 0 Å². The van der Waals surface area contributed by atoms with E-state index in [2.05, 4.69) is 0 Å². The highest BCUT2D eigenvalue weighted by atomic mass is 35.5. The molecule has 1 N–H and O–H groups in total. The Hall–Kier alpha value is 0.250.